The molecule has 1 unspecified atom stereocenters. The van der Waals surface area contributed by atoms with Crippen LogP contribution in [0.5, 0.6) is 5.75 Å². The summed E-state index contributed by atoms with van der Waals surface area (Å²) in [4.78, 5) is 11.0. The maximum Gasteiger partial charge on any atom is 0.269 e. The summed E-state index contributed by atoms with van der Waals surface area (Å²) in [5.41, 5.74) is 1.88. The highest BCUT2D eigenvalue weighted by Gasteiger charge is 2.11. The van der Waals surface area contributed by atoms with Crippen molar-refractivity contribution in [1.29, 1.82) is 0 Å². The number of benzene rings is 2. The highest BCUT2D eigenvalue weighted by Crippen LogP contribution is 2.28. The van der Waals surface area contributed by atoms with E-state index < -0.39 is 4.92 Å². The van der Waals surface area contributed by atoms with Gasteiger partial charge in [-0.1, -0.05) is 18.7 Å². The normalized spacial score (nSPS) is 11.7. The summed E-state index contributed by atoms with van der Waals surface area (Å²) in [5.74, 6) is 0.787. The van der Waals surface area contributed by atoms with Gasteiger partial charge in [0.1, 0.15) is 5.75 Å². The molecule has 2 aromatic rings. The number of hydrogen-bond donors (Lipinski definition) is 0. The minimum absolute atomic E-state index is 0.0602. The molecule has 1 atom stereocenters. The molecule has 0 saturated carbocycles. The zero-order valence-corrected chi connectivity index (χ0v) is 13.7. The van der Waals surface area contributed by atoms with Crippen molar-refractivity contribution in [3.05, 3.63) is 70.8 Å². The Morgan fingerprint density at radius 3 is 2.30 bits per heavy atom. The minimum atomic E-state index is -0.427. The fourth-order valence-electron chi connectivity index (χ4n) is 1.85. The molecule has 2 rings (SSSR count). The molecule has 0 aliphatic heterocycles. The van der Waals surface area contributed by atoms with Crippen LogP contribution in [-0.4, -0.2) is 18.1 Å². The Morgan fingerprint density at radius 1 is 1.17 bits per heavy atom. The largest absolute Gasteiger partial charge is 0.497 e. The van der Waals surface area contributed by atoms with Crippen LogP contribution in [0.2, 0.25) is 0 Å². The van der Waals surface area contributed by atoms with Crippen LogP contribution in [0.3, 0.4) is 0 Å². The van der Waals surface area contributed by atoms with Gasteiger partial charge in [0.25, 0.3) is 5.69 Å². The van der Waals surface area contributed by atoms with E-state index in [-0.39, 0.29) is 11.8 Å². The van der Waals surface area contributed by atoms with E-state index in [1.54, 1.807) is 19.2 Å². The third-order valence-electron chi connectivity index (χ3n) is 3.29. The number of hydrogen-bond acceptors (Lipinski definition) is 5. The van der Waals surface area contributed by atoms with E-state index >= 15 is 0 Å². The van der Waals surface area contributed by atoms with Crippen LogP contribution in [-0.2, 0) is 4.18 Å². The zero-order chi connectivity index (χ0) is 16.8. The SMILES string of the molecule is C=C(c1ccc(OC)cc1)C(C)OSc1ccc([N+](=O)[O-])cc1. The average molecular weight is 331 g/mol. The maximum absolute atomic E-state index is 10.6. The number of methoxy groups -OCH3 is 1. The van der Waals surface area contributed by atoms with Crippen molar-refractivity contribution in [3.8, 4) is 5.75 Å². The molecule has 6 heteroatoms. The van der Waals surface area contributed by atoms with Crippen LogP contribution in [0.25, 0.3) is 5.57 Å². The van der Waals surface area contributed by atoms with Crippen LogP contribution < -0.4 is 4.74 Å². The lowest BCUT2D eigenvalue weighted by molar-refractivity contribution is -0.384. The van der Waals surface area contributed by atoms with Crippen molar-refractivity contribution in [1.82, 2.24) is 0 Å². The van der Waals surface area contributed by atoms with Crippen molar-refractivity contribution < 1.29 is 13.8 Å². The quantitative estimate of drug-likeness (QED) is 0.417. The smallest absolute Gasteiger partial charge is 0.269 e. The van der Waals surface area contributed by atoms with Gasteiger partial charge in [-0.15, -0.1) is 0 Å². The Balaban J connectivity index is 1.93. The summed E-state index contributed by atoms with van der Waals surface area (Å²) in [7, 11) is 1.62. The summed E-state index contributed by atoms with van der Waals surface area (Å²) in [6.45, 7) is 5.97. The molecule has 23 heavy (non-hydrogen) atoms. The van der Waals surface area contributed by atoms with Crippen LogP contribution in [0.1, 0.15) is 12.5 Å². The molecule has 0 saturated heterocycles. The van der Waals surface area contributed by atoms with E-state index in [0.29, 0.717) is 0 Å². The molecule has 0 radical (unpaired) electrons. The minimum Gasteiger partial charge on any atom is -0.497 e. The third kappa shape index (κ3) is 4.58. The van der Waals surface area contributed by atoms with Crippen LogP contribution >= 0.6 is 12.0 Å². The first-order valence-electron chi connectivity index (χ1n) is 6.92. The van der Waals surface area contributed by atoms with Gasteiger partial charge in [-0.25, -0.2) is 0 Å². The molecule has 0 heterocycles. The molecule has 0 aliphatic carbocycles. The van der Waals surface area contributed by atoms with E-state index in [4.69, 9.17) is 8.92 Å². The zero-order valence-electron chi connectivity index (χ0n) is 12.9. The average Bonchev–Trinajstić information content (AvgIpc) is 2.59. The molecule has 5 nitrogen and oxygen atoms in total. The van der Waals surface area contributed by atoms with E-state index in [1.165, 1.54) is 24.2 Å². The molecular formula is C17H17NO4S. The lowest BCUT2D eigenvalue weighted by Gasteiger charge is -2.15. The van der Waals surface area contributed by atoms with E-state index in [9.17, 15) is 10.1 Å². The highest BCUT2D eigenvalue weighted by atomic mass is 32.2. The molecule has 2 aromatic carbocycles. The van der Waals surface area contributed by atoms with Crippen molar-refractivity contribution in [2.24, 2.45) is 0 Å². The Morgan fingerprint density at radius 2 is 1.78 bits per heavy atom. The van der Waals surface area contributed by atoms with Gasteiger partial charge in [0, 0.05) is 29.1 Å². The standard InChI is InChI=1S/C17H17NO4S/c1-12(14-4-8-16(21-3)9-5-14)13(2)22-23-17-10-6-15(7-11-17)18(19)20/h4-11,13H,1H2,2-3H3. The van der Waals surface area contributed by atoms with Gasteiger partial charge in [-0.3, -0.25) is 10.1 Å². The number of rotatable bonds is 7. The number of nitrogens with zero attached hydrogens (tertiary/aromatic N) is 1. The van der Waals surface area contributed by atoms with Gasteiger partial charge in [0.05, 0.1) is 18.1 Å². The van der Waals surface area contributed by atoms with Gasteiger partial charge in [0.2, 0.25) is 0 Å². The lowest BCUT2D eigenvalue weighted by Crippen LogP contribution is -2.05. The van der Waals surface area contributed by atoms with Gasteiger partial charge >= 0.3 is 0 Å². The Labute approximate surface area is 139 Å². The topological polar surface area (TPSA) is 61.6 Å². The second kappa shape index (κ2) is 7.80. The summed E-state index contributed by atoms with van der Waals surface area (Å²) in [6, 6.07) is 13.8. The molecule has 0 N–H and O–H groups in total. The van der Waals surface area contributed by atoms with Gasteiger partial charge in [-0.2, -0.15) is 0 Å². The first-order valence-corrected chi connectivity index (χ1v) is 7.66. The van der Waals surface area contributed by atoms with Crippen LogP contribution in [0.4, 0.5) is 5.69 Å². The predicted molar refractivity (Wildman–Crippen MR) is 91.5 cm³/mol. The number of nitro groups is 1. The molecule has 0 amide bonds. The molecule has 120 valence electrons. The lowest BCUT2D eigenvalue weighted by atomic mass is 10.0. The van der Waals surface area contributed by atoms with Crippen molar-refractivity contribution in [3.63, 3.8) is 0 Å². The molecule has 0 fully saturated rings. The van der Waals surface area contributed by atoms with Gasteiger partial charge in [-0.05, 0) is 42.3 Å². The number of nitro benzene ring substituents is 1. The summed E-state index contributed by atoms with van der Waals surface area (Å²) in [6.07, 6.45) is -0.205. The van der Waals surface area contributed by atoms with E-state index in [1.807, 2.05) is 31.2 Å². The molecule has 0 aromatic heterocycles. The monoisotopic (exact) mass is 331 g/mol. The molecular weight excluding hydrogens is 314 g/mol. The van der Waals surface area contributed by atoms with Gasteiger partial charge < -0.3 is 8.92 Å². The molecule has 0 spiro atoms. The van der Waals surface area contributed by atoms with Crippen molar-refractivity contribution in [2.45, 2.75) is 17.9 Å². The fraction of sp³-hybridized carbons (Fsp3) is 0.176. The Hall–Kier alpha value is -2.31. The molecule has 0 aliphatic rings. The number of non-ortho nitro benzene ring substituents is 1. The van der Waals surface area contributed by atoms with Crippen LogP contribution in [0.15, 0.2) is 60.0 Å². The Bertz CT molecular complexity index is 683. The van der Waals surface area contributed by atoms with Crippen molar-refractivity contribution in [2.75, 3.05) is 7.11 Å². The molecule has 0 bridgehead atoms. The van der Waals surface area contributed by atoms with Crippen LogP contribution in [0, 0.1) is 10.1 Å². The second-order valence-electron chi connectivity index (χ2n) is 4.83. The fourth-order valence-corrected chi connectivity index (χ4v) is 2.47. The van der Waals surface area contributed by atoms with E-state index in [0.717, 1.165) is 21.8 Å². The first kappa shape index (κ1) is 17.1. The van der Waals surface area contributed by atoms with E-state index in [2.05, 4.69) is 6.58 Å². The van der Waals surface area contributed by atoms with Gasteiger partial charge in [0.15, 0.2) is 0 Å². The maximum atomic E-state index is 10.6. The van der Waals surface area contributed by atoms with Crippen molar-refractivity contribution >= 4 is 23.3 Å². The predicted octanol–water partition coefficient (Wildman–Crippen LogP) is 4.73. The second-order valence-corrected chi connectivity index (χ2v) is 5.66. The third-order valence-corrected chi connectivity index (χ3v) is 4.14. The summed E-state index contributed by atoms with van der Waals surface area (Å²) in [5, 5.41) is 10.6. The number of ether oxygens (including phenoxy) is 1. The highest BCUT2D eigenvalue weighted by molar-refractivity contribution is 7.94. The summed E-state index contributed by atoms with van der Waals surface area (Å²) >= 11 is 1.17. The summed E-state index contributed by atoms with van der Waals surface area (Å²) < 4.78 is 10.8. The Kier molecular flexibility index (Phi) is 5.78. The first-order chi connectivity index (χ1) is 11.0.